The molecule has 8 heteroatoms. The van der Waals surface area contributed by atoms with Gasteiger partial charge in [-0.05, 0) is 55.8 Å². The van der Waals surface area contributed by atoms with Gasteiger partial charge in [-0.25, -0.2) is 13.6 Å². The Kier molecular flexibility index (Phi) is 5.75. The summed E-state index contributed by atoms with van der Waals surface area (Å²) in [6.07, 6.45) is 3.69. The lowest BCUT2D eigenvalue weighted by Gasteiger charge is -2.25. The molecule has 3 N–H and O–H groups in total. The summed E-state index contributed by atoms with van der Waals surface area (Å²) in [5, 5.41) is 7.82. The van der Waals surface area contributed by atoms with Gasteiger partial charge in [-0.3, -0.25) is 9.69 Å². The van der Waals surface area contributed by atoms with Crippen LogP contribution in [0, 0.1) is 0 Å². The summed E-state index contributed by atoms with van der Waals surface area (Å²) in [6, 6.07) is 9.58. The van der Waals surface area contributed by atoms with Crippen molar-refractivity contribution in [2.45, 2.75) is 37.2 Å². The number of carbonyl (C=O) groups excluding carboxylic acids is 1. The van der Waals surface area contributed by atoms with E-state index in [-0.39, 0.29) is 23.1 Å². The van der Waals surface area contributed by atoms with Crippen molar-refractivity contribution in [3.8, 4) is 0 Å². The van der Waals surface area contributed by atoms with Gasteiger partial charge in [0.15, 0.2) is 5.76 Å². The van der Waals surface area contributed by atoms with Crippen molar-refractivity contribution < 1.29 is 17.6 Å². The molecule has 3 rings (SSSR count). The van der Waals surface area contributed by atoms with E-state index in [1.807, 2.05) is 6.07 Å². The normalized spacial score (nSPS) is 15.7. The zero-order valence-corrected chi connectivity index (χ0v) is 15.3. The predicted octanol–water partition coefficient (Wildman–Crippen LogP) is 1.84. The van der Waals surface area contributed by atoms with Crippen LogP contribution in [0.2, 0.25) is 0 Å². The smallest absolute Gasteiger partial charge is 0.287 e. The summed E-state index contributed by atoms with van der Waals surface area (Å²) in [7, 11) is -3.71. The van der Waals surface area contributed by atoms with Crippen molar-refractivity contribution in [1.29, 1.82) is 0 Å². The maximum absolute atomic E-state index is 12.2. The number of amides is 1. The monoisotopic (exact) mass is 377 g/mol. The third-order valence-corrected chi connectivity index (χ3v) is 5.35. The van der Waals surface area contributed by atoms with Gasteiger partial charge in [-0.15, -0.1) is 0 Å². The van der Waals surface area contributed by atoms with Gasteiger partial charge in [-0.1, -0.05) is 18.6 Å². The van der Waals surface area contributed by atoms with E-state index >= 15 is 0 Å². The minimum atomic E-state index is -3.71. The molecular weight excluding hydrogens is 354 g/mol. The van der Waals surface area contributed by atoms with Gasteiger partial charge in [0.25, 0.3) is 5.91 Å². The molecule has 0 bridgehead atoms. The van der Waals surface area contributed by atoms with Crippen LogP contribution in [0.3, 0.4) is 0 Å². The first-order valence-corrected chi connectivity index (χ1v) is 10.2. The second-order valence-corrected chi connectivity index (χ2v) is 8.04. The van der Waals surface area contributed by atoms with Crippen LogP contribution in [0.4, 0.5) is 0 Å². The molecule has 140 valence electrons. The lowest BCUT2D eigenvalue weighted by atomic mass is 10.1. The molecule has 2 aromatic rings. The number of piperidine rings is 1. The molecule has 0 saturated carbocycles. The molecule has 1 amide bonds. The molecule has 0 spiro atoms. The Morgan fingerprint density at radius 1 is 1.08 bits per heavy atom. The Morgan fingerprint density at radius 3 is 2.42 bits per heavy atom. The van der Waals surface area contributed by atoms with Gasteiger partial charge in [0, 0.05) is 6.54 Å². The molecular formula is C18H23N3O4S. The van der Waals surface area contributed by atoms with E-state index < -0.39 is 10.0 Å². The number of nitrogens with zero attached hydrogens (tertiary/aromatic N) is 1. The fraction of sp³-hybridized carbons (Fsp3) is 0.389. The van der Waals surface area contributed by atoms with Gasteiger partial charge in [0.1, 0.15) is 5.76 Å². The van der Waals surface area contributed by atoms with Gasteiger partial charge >= 0.3 is 0 Å². The zero-order valence-electron chi connectivity index (χ0n) is 14.5. The van der Waals surface area contributed by atoms with E-state index in [4.69, 9.17) is 9.56 Å². The Morgan fingerprint density at radius 2 is 1.77 bits per heavy atom. The van der Waals surface area contributed by atoms with Gasteiger partial charge in [0.2, 0.25) is 10.0 Å². The van der Waals surface area contributed by atoms with E-state index in [1.165, 1.54) is 31.4 Å². The first kappa shape index (κ1) is 18.6. The predicted molar refractivity (Wildman–Crippen MR) is 96.8 cm³/mol. The first-order chi connectivity index (χ1) is 12.4. The second-order valence-electron chi connectivity index (χ2n) is 6.47. The summed E-state index contributed by atoms with van der Waals surface area (Å²) in [4.78, 5) is 14.6. The van der Waals surface area contributed by atoms with Crippen LogP contribution in [0.1, 0.15) is 41.1 Å². The highest BCUT2D eigenvalue weighted by atomic mass is 32.2. The number of primary sulfonamides is 1. The van der Waals surface area contributed by atoms with Gasteiger partial charge in [0.05, 0.1) is 11.4 Å². The second kappa shape index (κ2) is 8.03. The topological polar surface area (TPSA) is 106 Å². The van der Waals surface area contributed by atoms with E-state index in [0.717, 1.165) is 31.0 Å². The fourth-order valence-electron chi connectivity index (χ4n) is 2.99. The van der Waals surface area contributed by atoms with Crippen LogP contribution in [0.15, 0.2) is 45.7 Å². The Hall–Kier alpha value is -2.16. The van der Waals surface area contributed by atoms with Crippen LogP contribution in [-0.2, 0) is 23.1 Å². The number of sulfonamides is 1. The average Bonchev–Trinajstić information content (AvgIpc) is 3.09. The summed E-state index contributed by atoms with van der Waals surface area (Å²) in [5.41, 5.74) is 0.769. The highest BCUT2D eigenvalue weighted by Gasteiger charge is 2.15. The molecule has 1 aromatic heterocycles. The molecule has 1 aliphatic rings. The molecule has 1 aromatic carbocycles. The molecule has 0 aliphatic carbocycles. The summed E-state index contributed by atoms with van der Waals surface area (Å²) in [6.45, 7) is 3.13. The summed E-state index contributed by atoms with van der Waals surface area (Å²) < 4.78 is 28.1. The van der Waals surface area contributed by atoms with Crippen LogP contribution in [-0.4, -0.2) is 32.3 Å². The number of rotatable bonds is 6. The van der Waals surface area contributed by atoms with Crippen molar-refractivity contribution in [2.75, 3.05) is 13.1 Å². The molecule has 7 nitrogen and oxygen atoms in total. The van der Waals surface area contributed by atoms with Crippen molar-refractivity contribution in [2.24, 2.45) is 5.14 Å². The first-order valence-electron chi connectivity index (χ1n) is 8.63. The fourth-order valence-corrected chi connectivity index (χ4v) is 3.50. The lowest BCUT2D eigenvalue weighted by Crippen LogP contribution is -2.28. The van der Waals surface area contributed by atoms with E-state index in [0.29, 0.717) is 0 Å². The molecule has 1 fully saturated rings. The standard InChI is InChI=1S/C18H23N3O4S/c19-26(23,24)16-7-4-14(5-8-16)12-20-18(22)17-9-6-15(25-17)13-21-10-2-1-3-11-21/h4-9H,1-3,10-13H2,(H,20,22)(H2,19,23,24). The third-order valence-electron chi connectivity index (χ3n) is 4.42. The Labute approximate surface area is 153 Å². The third kappa shape index (κ3) is 4.94. The number of hydrogen-bond acceptors (Lipinski definition) is 5. The quantitative estimate of drug-likeness (QED) is 0.799. The van der Waals surface area contributed by atoms with Crippen molar-refractivity contribution in [3.63, 3.8) is 0 Å². The average molecular weight is 377 g/mol. The minimum absolute atomic E-state index is 0.0426. The highest BCUT2D eigenvalue weighted by Crippen LogP contribution is 2.15. The summed E-state index contributed by atoms with van der Waals surface area (Å²) in [5.74, 6) is 0.762. The Balaban J connectivity index is 1.53. The summed E-state index contributed by atoms with van der Waals surface area (Å²) >= 11 is 0. The van der Waals surface area contributed by atoms with Crippen LogP contribution < -0.4 is 10.5 Å². The van der Waals surface area contributed by atoms with Crippen LogP contribution in [0.5, 0.6) is 0 Å². The SMILES string of the molecule is NS(=O)(=O)c1ccc(CNC(=O)c2ccc(CN3CCCCC3)o2)cc1. The molecule has 1 saturated heterocycles. The molecule has 2 heterocycles. The number of hydrogen-bond donors (Lipinski definition) is 2. The number of nitrogens with two attached hydrogens (primary N) is 1. The largest absolute Gasteiger partial charge is 0.455 e. The lowest BCUT2D eigenvalue weighted by molar-refractivity contribution is 0.0918. The number of furan rings is 1. The molecule has 0 unspecified atom stereocenters. The maximum atomic E-state index is 12.2. The molecule has 26 heavy (non-hydrogen) atoms. The highest BCUT2D eigenvalue weighted by molar-refractivity contribution is 7.89. The van der Waals surface area contributed by atoms with E-state index in [2.05, 4.69) is 10.2 Å². The number of benzene rings is 1. The molecule has 0 radical (unpaired) electrons. The number of carbonyl (C=O) groups is 1. The van der Waals surface area contributed by atoms with E-state index in [1.54, 1.807) is 18.2 Å². The molecule has 0 atom stereocenters. The van der Waals surface area contributed by atoms with Crippen LogP contribution in [0.25, 0.3) is 0 Å². The zero-order chi connectivity index (χ0) is 18.6. The number of nitrogens with one attached hydrogen (secondary N) is 1. The Bertz CT molecular complexity index is 853. The van der Waals surface area contributed by atoms with Crippen LogP contribution >= 0.6 is 0 Å². The van der Waals surface area contributed by atoms with Crippen molar-refractivity contribution in [3.05, 3.63) is 53.5 Å². The van der Waals surface area contributed by atoms with Crippen molar-refractivity contribution in [1.82, 2.24) is 10.2 Å². The maximum Gasteiger partial charge on any atom is 0.287 e. The molecule has 1 aliphatic heterocycles. The van der Waals surface area contributed by atoms with Gasteiger partial charge < -0.3 is 9.73 Å². The van der Waals surface area contributed by atoms with Crippen molar-refractivity contribution >= 4 is 15.9 Å². The minimum Gasteiger partial charge on any atom is -0.455 e. The number of likely N-dealkylation sites (tertiary alicyclic amines) is 1. The van der Waals surface area contributed by atoms with Gasteiger partial charge in [-0.2, -0.15) is 0 Å². The van der Waals surface area contributed by atoms with E-state index in [9.17, 15) is 13.2 Å².